The summed E-state index contributed by atoms with van der Waals surface area (Å²) in [6, 6.07) is 1.99. The highest BCUT2D eigenvalue weighted by atomic mass is 16.6. The Hall–Kier alpha value is -1.56. The van der Waals surface area contributed by atoms with E-state index in [1.165, 1.54) is 0 Å². The summed E-state index contributed by atoms with van der Waals surface area (Å²) in [7, 11) is 1.91. The molecule has 6 nitrogen and oxygen atoms in total. The van der Waals surface area contributed by atoms with Crippen LogP contribution in [0.5, 0.6) is 0 Å². The van der Waals surface area contributed by atoms with Crippen LogP contribution in [-0.4, -0.2) is 34.1 Å². The van der Waals surface area contributed by atoms with Gasteiger partial charge in [-0.1, -0.05) is 13.8 Å². The minimum atomic E-state index is -0.478. The Morgan fingerprint density at radius 2 is 2.10 bits per heavy atom. The van der Waals surface area contributed by atoms with Gasteiger partial charge in [0.25, 0.3) is 0 Å². The molecule has 0 saturated heterocycles. The molecule has 6 heteroatoms. The van der Waals surface area contributed by atoms with Crippen molar-refractivity contribution in [2.75, 3.05) is 6.54 Å². The molecule has 0 aliphatic carbocycles. The minimum absolute atomic E-state index is 0.0214. The fraction of sp³-hybridized carbons (Fsp3) is 0.733. The summed E-state index contributed by atoms with van der Waals surface area (Å²) in [6.45, 7) is 11.1. The molecular weight excluding hydrogens is 268 g/mol. The second kappa shape index (κ2) is 7.45. The highest BCUT2D eigenvalue weighted by Crippen LogP contribution is 2.08. The van der Waals surface area contributed by atoms with E-state index in [1.54, 1.807) is 6.20 Å². The standard InChI is InChI=1S/C15H28N4O2/c1-11(2)13(18-14(20)21-15(3,4)5)10-16-9-12-7-8-17-19(12)6/h7-8,11,13,16H,9-10H2,1-6H3,(H,18,20). The number of ether oxygens (including phenoxy) is 1. The summed E-state index contributed by atoms with van der Waals surface area (Å²) in [4.78, 5) is 11.8. The fourth-order valence-corrected chi connectivity index (χ4v) is 1.84. The van der Waals surface area contributed by atoms with E-state index in [0.29, 0.717) is 12.5 Å². The predicted molar refractivity (Wildman–Crippen MR) is 82.9 cm³/mol. The van der Waals surface area contributed by atoms with Gasteiger partial charge in [-0.3, -0.25) is 4.68 Å². The van der Waals surface area contributed by atoms with Crippen molar-refractivity contribution in [3.63, 3.8) is 0 Å². The Morgan fingerprint density at radius 1 is 1.43 bits per heavy atom. The Kier molecular flexibility index (Phi) is 6.20. The zero-order valence-corrected chi connectivity index (χ0v) is 13.9. The van der Waals surface area contributed by atoms with Crippen LogP contribution in [-0.2, 0) is 18.3 Å². The molecule has 0 aromatic carbocycles. The summed E-state index contributed by atoms with van der Waals surface area (Å²) >= 11 is 0. The van der Waals surface area contributed by atoms with E-state index in [9.17, 15) is 4.79 Å². The quantitative estimate of drug-likeness (QED) is 0.843. The molecular formula is C15H28N4O2. The van der Waals surface area contributed by atoms with Crippen molar-refractivity contribution in [1.82, 2.24) is 20.4 Å². The van der Waals surface area contributed by atoms with E-state index in [-0.39, 0.29) is 12.1 Å². The van der Waals surface area contributed by atoms with Crippen molar-refractivity contribution in [2.24, 2.45) is 13.0 Å². The molecule has 0 aliphatic rings. The molecule has 0 spiro atoms. The summed E-state index contributed by atoms with van der Waals surface area (Å²) in [5.74, 6) is 0.316. The Morgan fingerprint density at radius 3 is 2.57 bits per heavy atom. The van der Waals surface area contributed by atoms with E-state index in [1.807, 2.05) is 38.6 Å². The normalized spacial score (nSPS) is 13.3. The lowest BCUT2D eigenvalue weighted by Crippen LogP contribution is -2.47. The van der Waals surface area contributed by atoms with Gasteiger partial charge in [0.15, 0.2) is 0 Å². The molecule has 120 valence electrons. The summed E-state index contributed by atoms with van der Waals surface area (Å²) in [6.07, 6.45) is 1.40. The van der Waals surface area contributed by atoms with Crippen LogP contribution in [0.3, 0.4) is 0 Å². The van der Waals surface area contributed by atoms with Crippen LogP contribution in [0.4, 0.5) is 4.79 Å². The van der Waals surface area contributed by atoms with Crippen molar-refractivity contribution in [2.45, 2.75) is 52.8 Å². The third kappa shape index (κ3) is 6.62. The van der Waals surface area contributed by atoms with Gasteiger partial charge in [0.05, 0.1) is 5.69 Å². The first-order chi connectivity index (χ1) is 9.69. The molecule has 0 saturated carbocycles. The van der Waals surface area contributed by atoms with E-state index >= 15 is 0 Å². The van der Waals surface area contributed by atoms with Crippen molar-refractivity contribution in [3.05, 3.63) is 18.0 Å². The smallest absolute Gasteiger partial charge is 0.407 e. The number of carbonyl (C=O) groups is 1. The van der Waals surface area contributed by atoms with Crippen LogP contribution in [0, 0.1) is 5.92 Å². The summed E-state index contributed by atoms with van der Waals surface area (Å²) in [5, 5.41) is 10.4. The number of carbonyl (C=O) groups excluding carboxylic acids is 1. The monoisotopic (exact) mass is 296 g/mol. The maximum Gasteiger partial charge on any atom is 0.407 e. The fourth-order valence-electron chi connectivity index (χ4n) is 1.84. The molecule has 1 aromatic rings. The van der Waals surface area contributed by atoms with E-state index < -0.39 is 5.60 Å². The molecule has 1 heterocycles. The van der Waals surface area contributed by atoms with Gasteiger partial charge in [0, 0.05) is 32.4 Å². The maximum absolute atomic E-state index is 11.8. The molecule has 1 aromatic heterocycles. The van der Waals surface area contributed by atoms with Gasteiger partial charge in [-0.05, 0) is 32.8 Å². The highest BCUT2D eigenvalue weighted by Gasteiger charge is 2.21. The number of nitrogens with one attached hydrogen (secondary N) is 2. The average Bonchev–Trinajstić information content (AvgIpc) is 2.71. The summed E-state index contributed by atoms with van der Waals surface area (Å²) in [5.41, 5.74) is 0.628. The number of amides is 1. The second-order valence-electron chi connectivity index (χ2n) is 6.57. The zero-order valence-electron chi connectivity index (χ0n) is 13.9. The van der Waals surface area contributed by atoms with Crippen LogP contribution in [0.1, 0.15) is 40.3 Å². The number of hydrogen-bond acceptors (Lipinski definition) is 4. The lowest BCUT2D eigenvalue weighted by atomic mass is 10.0. The Bertz CT molecular complexity index is 449. The third-order valence-electron chi connectivity index (χ3n) is 3.10. The molecule has 1 atom stereocenters. The second-order valence-corrected chi connectivity index (χ2v) is 6.57. The topological polar surface area (TPSA) is 68.2 Å². The van der Waals surface area contributed by atoms with E-state index in [2.05, 4.69) is 29.6 Å². The number of hydrogen-bond donors (Lipinski definition) is 2. The molecule has 0 bridgehead atoms. The number of alkyl carbamates (subject to hydrolysis) is 1. The van der Waals surface area contributed by atoms with Gasteiger partial charge in [0.2, 0.25) is 0 Å². The third-order valence-corrected chi connectivity index (χ3v) is 3.10. The lowest BCUT2D eigenvalue weighted by molar-refractivity contribution is 0.0490. The largest absolute Gasteiger partial charge is 0.444 e. The number of nitrogens with zero attached hydrogens (tertiary/aromatic N) is 2. The molecule has 0 aliphatic heterocycles. The van der Waals surface area contributed by atoms with Crippen LogP contribution < -0.4 is 10.6 Å². The minimum Gasteiger partial charge on any atom is -0.444 e. The first-order valence-corrected chi connectivity index (χ1v) is 7.36. The molecule has 2 N–H and O–H groups in total. The highest BCUT2D eigenvalue weighted by molar-refractivity contribution is 5.68. The number of aryl methyl sites for hydroxylation is 1. The summed E-state index contributed by atoms with van der Waals surface area (Å²) < 4.78 is 7.13. The van der Waals surface area contributed by atoms with E-state index in [0.717, 1.165) is 12.2 Å². The van der Waals surface area contributed by atoms with Crippen LogP contribution in [0.2, 0.25) is 0 Å². The average molecular weight is 296 g/mol. The SMILES string of the molecule is CC(C)C(CNCc1ccnn1C)NC(=O)OC(C)(C)C. The zero-order chi connectivity index (χ0) is 16.0. The van der Waals surface area contributed by atoms with Crippen molar-refractivity contribution >= 4 is 6.09 Å². The molecule has 1 unspecified atom stereocenters. The molecule has 1 amide bonds. The molecule has 0 fully saturated rings. The van der Waals surface area contributed by atoms with Gasteiger partial charge >= 0.3 is 6.09 Å². The van der Waals surface area contributed by atoms with Gasteiger partial charge in [-0.2, -0.15) is 5.10 Å². The maximum atomic E-state index is 11.8. The van der Waals surface area contributed by atoms with Crippen LogP contribution in [0.25, 0.3) is 0 Å². The van der Waals surface area contributed by atoms with E-state index in [4.69, 9.17) is 4.74 Å². The van der Waals surface area contributed by atoms with Crippen molar-refractivity contribution < 1.29 is 9.53 Å². The molecule has 21 heavy (non-hydrogen) atoms. The van der Waals surface area contributed by atoms with Crippen molar-refractivity contribution in [3.8, 4) is 0 Å². The molecule has 1 rings (SSSR count). The Balaban J connectivity index is 2.43. The number of rotatable bonds is 6. The first kappa shape index (κ1) is 17.5. The van der Waals surface area contributed by atoms with Gasteiger partial charge in [-0.15, -0.1) is 0 Å². The van der Waals surface area contributed by atoms with Gasteiger partial charge < -0.3 is 15.4 Å². The molecule has 0 radical (unpaired) electrons. The predicted octanol–water partition coefficient (Wildman–Crippen LogP) is 2.06. The van der Waals surface area contributed by atoms with Crippen LogP contribution >= 0.6 is 0 Å². The number of aromatic nitrogens is 2. The van der Waals surface area contributed by atoms with Gasteiger partial charge in [-0.25, -0.2) is 4.79 Å². The Labute approximate surface area is 127 Å². The van der Waals surface area contributed by atoms with Crippen molar-refractivity contribution in [1.29, 1.82) is 0 Å². The van der Waals surface area contributed by atoms with Gasteiger partial charge in [0.1, 0.15) is 5.60 Å². The lowest BCUT2D eigenvalue weighted by Gasteiger charge is -2.26. The first-order valence-electron chi connectivity index (χ1n) is 7.36. The van der Waals surface area contributed by atoms with Crippen LogP contribution in [0.15, 0.2) is 12.3 Å².